The Morgan fingerprint density at radius 1 is 1.17 bits per heavy atom. The van der Waals surface area contributed by atoms with Crippen LogP contribution in [0.3, 0.4) is 0 Å². The van der Waals surface area contributed by atoms with Crippen molar-refractivity contribution in [3.05, 3.63) is 54.4 Å². The number of carbonyl (C=O) groups excluding carboxylic acids is 1. The molecule has 1 amide bonds. The third kappa shape index (κ3) is 7.89. The minimum atomic E-state index is -0.0499. The average Bonchev–Trinajstić information content (AvgIpc) is 3.38. The van der Waals surface area contributed by atoms with Crippen molar-refractivity contribution in [2.24, 2.45) is 4.99 Å². The first-order chi connectivity index (χ1) is 14.2. The lowest BCUT2D eigenvalue weighted by Gasteiger charge is -2.12. The highest BCUT2D eigenvalue weighted by atomic mass is 16.5. The van der Waals surface area contributed by atoms with Gasteiger partial charge in [-0.05, 0) is 56.0 Å². The second kappa shape index (κ2) is 11.1. The summed E-state index contributed by atoms with van der Waals surface area (Å²) in [6, 6.07) is 12.3. The van der Waals surface area contributed by atoms with Gasteiger partial charge in [0.2, 0.25) is 0 Å². The van der Waals surface area contributed by atoms with Gasteiger partial charge in [0.15, 0.2) is 12.6 Å². The largest absolute Gasteiger partial charge is 0.484 e. The lowest BCUT2D eigenvalue weighted by molar-refractivity contribution is -0.123. The van der Waals surface area contributed by atoms with E-state index in [9.17, 15) is 4.79 Å². The predicted octanol–water partition coefficient (Wildman–Crippen LogP) is 1.94. The number of ether oxygens (including phenoxy) is 1. The second-order valence-corrected chi connectivity index (χ2v) is 7.13. The van der Waals surface area contributed by atoms with Crippen LogP contribution in [0.4, 0.5) is 0 Å². The number of benzene rings is 1. The molecule has 0 unspecified atom stereocenters. The normalized spacial score (nSPS) is 13.8. The van der Waals surface area contributed by atoms with Gasteiger partial charge in [0.1, 0.15) is 5.75 Å². The molecule has 0 atom stereocenters. The molecule has 0 aliphatic heterocycles. The molecule has 0 radical (unpaired) electrons. The van der Waals surface area contributed by atoms with Crippen molar-refractivity contribution in [1.29, 1.82) is 0 Å². The Morgan fingerprint density at radius 2 is 1.93 bits per heavy atom. The number of guanidine groups is 1. The fourth-order valence-corrected chi connectivity index (χ4v) is 2.86. The molecule has 3 N–H and O–H groups in total. The fraction of sp³-hybridized carbons (Fsp3) is 0.455. The Morgan fingerprint density at radius 3 is 2.62 bits per heavy atom. The first-order valence-electron chi connectivity index (χ1n) is 10.4. The van der Waals surface area contributed by atoms with Gasteiger partial charge in [-0.15, -0.1) is 0 Å². The molecule has 1 aliphatic rings. The van der Waals surface area contributed by atoms with Gasteiger partial charge in [-0.3, -0.25) is 9.79 Å². The number of nitrogens with one attached hydrogen (secondary N) is 3. The van der Waals surface area contributed by atoms with Crippen molar-refractivity contribution in [3.8, 4) is 5.75 Å². The van der Waals surface area contributed by atoms with Crippen molar-refractivity contribution >= 4 is 11.9 Å². The van der Waals surface area contributed by atoms with Crippen molar-refractivity contribution in [3.63, 3.8) is 0 Å². The van der Waals surface area contributed by atoms with Crippen LogP contribution in [-0.4, -0.2) is 48.7 Å². The third-order valence-corrected chi connectivity index (χ3v) is 4.58. The minimum Gasteiger partial charge on any atom is -0.484 e. The van der Waals surface area contributed by atoms with Gasteiger partial charge in [-0.25, -0.2) is 0 Å². The van der Waals surface area contributed by atoms with E-state index in [4.69, 9.17) is 4.74 Å². The SMILES string of the molecule is CCNC(=NCCc1ccc(OCC(=O)NC2CC2)cc1)NCCn1cccc1. The first kappa shape index (κ1) is 20.8. The Balaban J connectivity index is 1.37. The molecular weight excluding hydrogens is 366 g/mol. The Bertz CT molecular complexity index is 767. The van der Waals surface area contributed by atoms with Gasteiger partial charge in [0.05, 0.1) is 0 Å². The summed E-state index contributed by atoms with van der Waals surface area (Å²) in [7, 11) is 0. The Labute approximate surface area is 172 Å². The van der Waals surface area contributed by atoms with Crippen molar-refractivity contribution in [2.45, 2.75) is 38.8 Å². The third-order valence-electron chi connectivity index (χ3n) is 4.58. The number of amides is 1. The van der Waals surface area contributed by atoms with E-state index in [1.807, 2.05) is 36.4 Å². The highest BCUT2D eigenvalue weighted by Crippen LogP contribution is 2.18. The van der Waals surface area contributed by atoms with E-state index < -0.39 is 0 Å². The number of hydrogen-bond donors (Lipinski definition) is 3. The predicted molar refractivity (Wildman–Crippen MR) is 115 cm³/mol. The Kier molecular flexibility index (Phi) is 7.98. The molecule has 0 spiro atoms. The molecule has 2 aromatic rings. The van der Waals surface area contributed by atoms with E-state index >= 15 is 0 Å². The monoisotopic (exact) mass is 397 g/mol. The standard InChI is InChI=1S/C22H31N5O2/c1-2-23-22(25-13-16-27-14-3-4-15-27)24-12-11-18-5-9-20(10-6-18)29-17-21(28)26-19-7-8-19/h3-6,9-10,14-15,19H,2,7-8,11-13,16-17H2,1H3,(H,26,28)(H2,23,24,25). The maximum absolute atomic E-state index is 11.7. The smallest absolute Gasteiger partial charge is 0.258 e. The zero-order valence-corrected chi connectivity index (χ0v) is 17.1. The van der Waals surface area contributed by atoms with Crippen LogP contribution in [0.2, 0.25) is 0 Å². The Hall–Kier alpha value is -2.96. The molecule has 0 bridgehead atoms. The maximum atomic E-state index is 11.7. The lowest BCUT2D eigenvalue weighted by Crippen LogP contribution is -2.39. The van der Waals surface area contributed by atoms with E-state index in [2.05, 4.69) is 44.8 Å². The molecule has 1 aliphatic carbocycles. The van der Waals surface area contributed by atoms with Gasteiger partial charge in [0, 0.05) is 44.6 Å². The topological polar surface area (TPSA) is 79.7 Å². The van der Waals surface area contributed by atoms with Crippen molar-refractivity contribution in [1.82, 2.24) is 20.5 Å². The number of rotatable bonds is 11. The number of aliphatic imine (C=N–C) groups is 1. The molecule has 7 heteroatoms. The summed E-state index contributed by atoms with van der Waals surface area (Å²) in [6.07, 6.45) is 7.12. The van der Waals surface area contributed by atoms with E-state index in [0.29, 0.717) is 18.3 Å². The molecular formula is C22H31N5O2. The molecule has 3 rings (SSSR count). The van der Waals surface area contributed by atoms with Crippen molar-refractivity contribution < 1.29 is 9.53 Å². The van der Waals surface area contributed by atoms with Crippen LogP contribution in [0.25, 0.3) is 0 Å². The summed E-state index contributed by atoms with van der Waals surface area (Å²) in [5, 5.41) is 9.55. The summed E-state index contributed by atoms with van der Waals surface area (Å²) < 4.78 is 7.67. The fourth-order valence-electron chi connectivity index (χ4n) is 2.86. The summed E-state index contributed by atoms with van der Waals surface area (Å²) in [6.45, 7) is 5.38. The molecule has 1 fully saturated rings. The van der Waals surface area contributed by atoms with E-state index in [-0.39, 0.29) is 12.5 Å². The van der Waals surface area contributed by atoms with Crippen LogP contribution in [-0.2, 0) is 17.8 Å². The van der Waals surface area contributed by atoms with Gasteiger partial charge in [-0.1, -0.05) is 12.1 Å². The van der Waals surface area contributed by atoms with E-state index in [0.717, 1.165) is 44.9 Å². The van der Waals surface area contributed by atoms with E-state index in [1.54, 1.807) is 0 Å². The van der Waals surface area contributed by atoms with Crippen molar-refractivity contribution in [2.75, 3.05) is 26.2 Å². The zero-order chi connectivity index (χ0) is 20.3. The summed E-state index contributed by atoms with van der Waals surface area (Å²) in [4.78, 5) is 16.3. The molecule has 0 saturated heterocycles. The second-order valence-electron chi connectivity index (χ2n) is 7.13. The number of hydrogen-bond acceptors (Lipinski definition) is 3. The first-order valence-corrected chi connectivity index (χ1v) is 10.4. The quantitative estimate of drug-likeness (QED) is 0.400. The highest BCUT2D eigenvalue weighted by Gasteiger charge is 2.23. The molecule has 1 aromatic heterocycles. The van der Waals surface area contributed by atoms with Crippen LogP contribution < -0.4 is 20.7 Å². The summed E-state index contributed by atoms with van der Waals surface area (Å²) >= 11 is 0. The lowest BCUT2D eigenvalue weighted by atomic mass is 10.1. The number of carbonyl (C=O) groups is 1. The molecule has 7 nitrogen and oxygen atoms in total. The summed E-state index contributed by atoms with van der Waals surface area (Å²) in [5.74, 6) is 1.50. The zero-order valence-electron chi connectivity index (χ0n) is 17.1. The molecule has 1 saturated carbocycles. The van der Waals surface area contributed by atoms with Gasteiger partial charge < -0.3 is 25.3 Å². The van der Waals surface area contributed by atoms with Gasteiger partial charge in [-0.2, -0.15) is 0 Å². The number of aromatic nitrogens is 1. The van der Waals surface area contributed by atoms with Crippen LogP contribution in [0.5, 0.6) is 5.75 Å². The molecule has 1 heterocycles. The van der Waals surface area contributed by atoms with Crippen LogP contribution in [0.1, 0.15) is 25.3 Å². The summed E-state index contributed by atoms with van der Waals surface area (Å²) in [5.41, 5.74) is 1.19. The maximum Gasteiger partial charge on any atom is 0.258 e. The average molecular weight is 398 g/mol. The van der Waals surface area contributed by atoms with Gasteiger partial charge >= 0.3 is 0 Å². The van der Waals surface area contributed by atoms with E-state index in [1.165, 1.54) is 5.56 Å². The van der Waals surface area contributed by atoms with Gasteiger partial charge in [0.25, 0.3) is 5.91 Å². The molecule has 1 aromatic carbocycles. The number of nitrogens with zero attached hydrogens (tertiary/aromatic N) is 2. The molecule has 29 heavy (non-hydrogen) atoms. The minimum absolute atomic E-state index is 0.0499. The highest BCUT2D eigenvalue weighted by molar-refractivity contribution is 5.79. The van der Waals surface area contributed by atoms with Crippen LogP contribution in [0, 0.1) is 0 Å². The molecule has 156 valence electrons. The van der Waals surface area contributed by atoms with Crippen LogP contribution >= 0.6 is 0 Å². The van der Waals surface area contributed by atoms with Crippen LogP contribution in [0.15, 0.2) is 53.8 Å².